The van der Waals surface area contributed by atoms with Crippen LogP contribution < -0.4 is 5.32 Å². The summed E-state index contributed by atoms with van der Waals surface area (Å²) in [6.07, 6.45) is 6.55. The smallest absolute Gasteiger partial charge is 0.0672 e. The molecular weight excluding hydrogens is 214 g/mol. The van der Waals surface area contributed by atoms with Crippen LogP contribution in [-0.4, -0.2) is 36.5 Å². The number of aliphatic hydroxyl groups is 1. The fourth-order valence-corrected chi connectivity index (χ4v) is 2.40. The van der Waals surface area contributed by atoms with Crippen LogP contribution in [-0.2, 0) is 4.74 Å². The second-order valence-electron chi connectivity index (χ2n) is 5.76. The lowest BCUT2D eigenvalue weighted by Gasteiger charge is -2.34. The van der Waals surface area contributed by atoms with E-state index in [2.05, 4.69) is 19.2 Å². The summed E-state index contributed by atoms with van der Waals surface area (Å²) >= 11 is 0. The average molecular weight is 243 g/mol. The van der Waals surface area contributed by atoms with Gasteiger partial charge in [0.15, 0.2) is 0 Å². The van der Waals surface area contributed by atoms with E-state index in [-0.39, 0.29) is 12.1 Å². The van der Waals surface area contributed by atoms with Crippen molar-refractivity contribution in [2.75, 3.05) is 19.8 Å². The van der Waals surface area contributed by atoms with Gasteiger partial charge >= 0.3 is 0 Å². The molecule has 0 aromatic heterocycles. The Balaban J connectivity index is 2.35. The highest BCUT2D eigenvalue weighted by atomic mass is 16.5. The number of nitrogens with one attached hydrogen (secondary N) is 1. The van der Waals surface area contributed by atoms with Crippen LogP contribution in [0, 0.1) is 5.92 Å². The molecule has 0 aliphatic heterocycles. The lowest BCUT2D eigenvalue weighted by Crippen LogP contribution is -2.51. The fourth-order valence-electron chi connectivity index (χ4n) is 2.40. The van der Waals surface area contributed by atoms with Gasteiger partial charge in [-0.25, -0.2) is 0 Å². The Kier molecular flexibility index (Phi) is 6.45. The molecule has 1 aliphatic rings. The molecule has 17 heavy (non-hydrogen) atoms. The summed E-state index contributed by atoms with van der Waals surface area (Å²) in [6, 6.07) is 0. The third-order valence-corrected chi connectivity index (χ3v) is 3.80. The number of rotatable bonds is 7. The molecule has 3 atom stereocenters. The molecule has 0 saturated heterocycles. The van der Waals surface area contributed by atoms with Crippen LogP contribution in [0.15, 0.2) is 0 Å². The molecule has 3 nitrogen and oxygen atoms in total. The second-order valence-corrected chi connectivity index (χ2v) is 5.76. The van der Waals surface area contributed by atoms with E-state index in [9.17, 15) is 5.11 Å². The highest BCUT2D eigenvalue weighted by molar-refractivity contribution is 4.83. The van der Waals surface area contributed by atoms with Crippen LogP contribution in [0.25, 0.3) is 0 Å². The Labute approximate surface area is 106 Å². The summed E-state index contributed by atoms with van der Waals surface area (Å²) < 4.78 is 6.03. The maximum absolute atomic E-state index is 9.46. The van der Waals surface area contributed by atoms with Crippen molar-refractivity contribution in [3.63, 3.8) is 0 Å². The molecule has 0 bridgehead atoms. The van der Waals surface area contributed by atoms with Crippen LogP contribution in [0.1, 0.15) is 52.9 Å². The Morgan fingerprint density at radius 3 is 2.65 bits per heavy atom. The van der Waals surface area contributed by atoms with E-state index in [0.29, 0.717) is 18.6 Å². The molecule has 1 aliphatic carbocycles. The molecule has 102 valence electrons. The molecule has 0 aromatic carbocycles. The highest BCUT2D eigenvalue weighted by Crippen LogP contribution is 2.26. The molecule has 0 spiro atoms. The first kappa shape index (κ1) is 14.9. The van der Waals surface area contributed by atoms with E-state index in [1.807, 2.05) is 6.92 Å². The Hall–Kier alpha value is -0.120. The van der Waals surface area contributed by atoms with Crippen molar-refractivity contribution in [2.45, 2.75) is 64.5 Å². The average Bonchev–Trinajstić information content (AvgIpc) is 2.35. The third kappa shape index (κ3) is 4.94. The van der Waals surface area contributed by atoms with Crippen molar-refractivity contribution < 1.29 is 9.84 Å². The largest absolute Gasteiger partial charge is 0.394 e. The molecule has 1 fully saturated rings. The Morgan fingerprint density at radius 1 is 1.35 bits per heavy atom. The van der Waals surface area contributed by atoms with E-state index in [0.717, 1.165) is 13.0 Å². The molecule has 0 radical (unpaired) electrons. The van der Waals surface area contributed by atoms with E-state index in [4.69, 9.17) is 4.74 Å². The summed E-state index contributed by atoms with van der Waals surface area (Å²) in [4.78, 5) is 0. The molecule has 0 aromatic rings. The third-order valence-electron chi connectivity index (χ3n) is 3.80. The maximum atomic E-state index is 9.46. The van der Waals surface area contributed by atoms with Gasteiger partial charge in [0.05, 0.1) is 24.9 Å². The topological polar surface area (TPSA) is 41.5 Å². The summed E-state index contributed by atoms with van der Waals surface area (Å²) in [5.74, 6) is 0.665. The molecule has 3 unspecified atom stereocenters. The molecule has 3 heteroatoms. The van der Waals surface area contributed by atoms with Gasteiger partial charge in [-0.15, -0.1) is 0 Å². The van der Waals surface area contributed by atoms with Gasteiger partial charge in [-0.1, -0.05) is 26.7 Å². The first-order valence-electron chi connectivity index (χ1n) is 7.09. The number of hydrogen-bond acceptors (Lipinski definition) is 3. The Morgan fingerprint density at radius 2 is 2.06 bits per heavy atom. The molecule has 2 N–H and O–H groups in total. The quantitative estimate of drug-likeness (QED) is 0.721. The first-order valence-corrected chi connectivity index (χ1v) is 7.09. The van der Waals surface area contributed by atoms with Gasteiger partial charge in [0.25, 0.3) is 0 Å². The lowest BCUT2D eigenvalue weighted by atomic mass is 9.88. The minimum atomic E-state index is -0.285. The predicted octanol–water partition coefficient (Wildman–Crippen LogP) is 2.33. The van der Waals surface area contributed by atoms with E-state index in [1.54, 1.807) is 0 Å². The molecule has 1 saturated carbocycles. The highest BCUT2D eigenvalue weighted by Gasteiger charge is 2.27. The number of hydrogen-bond donors (Lipinski definition) is 2. The van der Waals surface area contributed by atoms with Crippen LogP contribution in [0.5, 0.6) is 0 Å². The second kappa shape index (κ2) is 7.34. The van der Waals surface area contributed by atoms with Crippen molar-refractivity contribution in [3.05, 3.63) is 0 Å². The summed E-state index contributed by atoms with van der Waals surface area (Å²) in [5, 5.41) is 12.8. The summed E-state index contributed by atoms with van der Waals surface area (Å²) in [5.41, 5.74) is -0.285. The number of aliphatic hydroxyl groups excluding tert-OH is 1. The normalized spacial score (nSPS) is 28.9. The standard InChI is InChI=1S/C14H29NO2/c1-4-9-15-14(3,10-16)11-17-13-8-6-5-7-12(13)2/h12-13,15-16H,4-11H2,1-3H3. The van der Waals surface area contributed by atoms with Gasteiger partial charge in [-0.3, -0.25) is 0 Å². The van der Waals surface area contributed by atoms with Crippen LogP contribution in [0.4, 0.5) is 0 Å². The van der Waals surface area contributed by atoms with E-state index in [1.165, 1.54) is 25.7 Å². The number of ether oxygens (including phenoxy) is 1. The van der Waals surface area contributed by atoms with Gasteiger partial charge in [-0.2, -0.15) is 0 Å². The fraction of sp³-hybridized carbons (Fsp3) is 1.00. The SMILES string of the molecule is CCCNC(C)(CO)COC1CCCCC1C. The van der Waals surface area contributed by atoms with Gasteiger partial charge < -0.3 is 15.2 Å². The molecule has 1 rings (SSSR count). The van der Waals surface area contributed by atoms with Crippen LogP contribution in [0.3, 0.4) is 0 Å². The zero-order valence-electron chi connectivity index (χ0n) is 11.7. The van der Waals surface area contributed by atoms with E-state index >= 15 is 0 Å². The van der Waals surface area contributed by atoms with Crippen LogP contribution >= 0.6 is 0 Å². The van der Waals surface area contributed by atoms with Crippen molar-refractivity contribution >= 4 is 0 Å². The molecule has 0 heterocycles. The van der Waals surface area contributed by atoms with Crippen molar-refractivity contribution in [1.82, 2.24) is 5.32 Å². The van der Waals surface area contributed by atoms with Gasteiger partial charge in [0.1, 0.15) is 0 Å². The minimum Gasteiger partial charge on any atom is -0.394 e. The van der Waals surface area contributed by atoms with Gasteiger partial charge in [0.2, 0.25) is 0 Å². The van der Waals surface area contributed by atoms with Crippen molar-refractivity contribution in [2.24, 2.45) is 5.92 Å². The zero-order valence-corrected chi connectivity index (χ0v) is 11.7. The monoisotopic (exact) mass is 243 g/mol. The predicted molar refractivity (Wildman–Crippen MR) is 71.2 cm³/mol. The first-order chi connectivity index (χ1) is 8.11. The van der Waals surface area contributed by atoms with Crippen LogP contribution in [0.2, 0.25) is 0 Å². The van der Waals surface area contributed by atoms with Gasteiger partial charge in [0, 0.05) is 0 Å². The summed E-state index contributed by atoms with van der Waals surface area (Å²) in [7, 11) is 0. The van der Waals surface area contributed by atoms with Crippen molar-refractivity contribution in [1.29, 1.82) is 0 Å². The van der Waals surface area contributed by atoms with E-state index < -0.39 is 0 Å². The van der Waals surface area contributed by atoms with Gasteiger partial charge in [-0.05, 0) is 38.6 Å². The van der Waals surface area contributed by atoms with Crippen molar-refractivity contribution in [3.8, 4) is 0 Å². The minimum absolute atomic E-state index is 0.133. The Bertz CT molecular complexity index is 210. The summed E-state index contributed by atoms with van der Waals surface area (Å²) in [6.45, 7) is 8.12. The zero-order chi connectivity index (χ0) is 12.7. The molecular formula is C14H29NO2. The maximum Gasteiger partial charge on any atom is 0.0672 e. The molecule has 0 amide bonds. The lowest BCUT2D eigenvalue weighted by molar-refractivity contribution is -0.0421.